The molecule has 15 heteroatoms. The molecule has 6 rings (SSSR count). The highest BCUT2D eigenvalue weighted by molar-refractivity contribution is 6.10. The molecule has 0 unspecified atom stereocenters. The van der Waals surface area contributed by atoms with E-state index in [1.807, 2.05) is 14.0 Å². The number of rotatable bonds is 6. The maximum atomic E-state index is 12.6. The Balaban J connectivity index is 0.000000168. The second kappa shape index (κ2) is 11.7. The third kappa shape index (κ3) is 5.70. The highest BCUT2D eigenvalue weighted by atomic mass is 16.5. The molecule has 0 N–H and O–H groups in total. The van der Waals surface area contributed by atoms with Gasteiger partial charge in [0.15, 0.2) is 17.4 Å². The first-order valence-electron chi connectivity index (χ1n) is 12.6. The maximum absolute atomic E-state index is 12.6. The van der Waals surface area contributed by atoms with Crippen molar-refractivity contribution in [2.45, 2.75) is 20.8 Å². The predicted molar refractivity (Wildman–Crippen MR) is 147 cm³/mol. The van der Waals surface area contributed by atoms with E-state index in [0.717, 1.165) is 5.69 Å². The van der Waals surface area contributed by atoms with Crippen LogP contribution in [0.25, 0.3) is 11.6 Å². The molecule has 0 bridgehead atoms. The molecule has 0 radical (unpaired) electrons. The Morgan fingerprint density at radius 2 is 1.29 bits per heavy atom. The Kier molecular flexibility index (Phi) is 7.72. The van der Waals surface area contributed by atoms with Crippen molar-refractivity contribution in [3.05, 3.63) is 102 Å². The molecule has 6 aromatic rings. The van der Waals surface area contributed by atoms with Gasteiger partial charge in [-0.3, -0.25) is 9.48 Å². The van der Waals surface area contributed by atoms with Gasteiger partial charge in [-0.05, 0) is 45.0 Å². The van der Waals surface area contributed by atoms with Crippen LogP contribution < -0.4 is 4.74 Å². The zero-order valence-corrected chi connectivity index (χ0v) is 23.4. The summed E-state index contributed by atoms with van der Waals surface area (Å²) in [6.45, 7) is 5.41. The number of hydrogen-bond donors (Lipinski definition) is 0. The van der Waals surface area contributed by atoms with E-state index < -0.39 is 5.97 Å². The number of hydrogen-bond acceptors (Lipinski definition) is 11. The van der Waals surface area contributed by atoms with Crippen LogP contribution >= 0.6 is 0 Å². The van der Waals surface area contributed by atoms with Crippen LogP contribution in [0.2, 0.25) is 0 Å². The van der Waals surface area contributed by atoms with Crippen molar-refractivity contribution >= 4 is 11.8 Å². The minimum absolute atomic E-state index is 0.0734. The molecule has 42 heavy (non-hydrogen) atoms. The first kappa shape index (κ1) is 27.7. The van der Waals surface area contributed by atoms with Crippen LogP contribution in [0.1, 0.15) is 43.4 Å². The third-order valence-electron chi connectivity index (χ3n) is 6.37. The van der Waals surface area contributed by atoms with E-state index in [-0.39, 0.29) is 5.78 Å². The Hall–Kier alpha value is -5.86. The molecule has 0 aromatic carbocycles. The van der Waals surface area contributed by atoms with Crippen LogP contribution in [0.4, 0.5) is 0 Å². The highest BCUT2D eigenvalue weighted by Crippen LogP contribution is 2.17. The van der Waals surface area contributed by atoms with Crippen molar-refractivity contribution in [3.8, 4) is 17.5 Å². The summed E-state index contributed by atoms with van der Waals surface area (Å²) in [7, 11) is 3.51. The van der Waals surface area contributed by atoms with Crippen LogP contribution in [0.15, 0.2) is 68.0 Å². The van der Waals surface area contributed by atoms with Crippen LogP contribution in [0.5, 0.6) is 5.88 Å². The molecule has 0 aliphatic rings. The molecular weight excluding hydrogens is 540 g/mol. The van der Waals surface area contributed by atoms with Gasteiger partial charge in [-0.15, -0.1) is 0 Å². The molecule has 0 aliphatic carbocycles. The molecule has 0 saturated heterocycles. The van der Waals surface area contributed by atoms with Crippen molar-refractivity contribution in [1.82, 2.24) is 59.1 Å². The lowest BCUT2D eigenvalue weighted by Crippen LogP contribution is -2.14. The van der Waals surface area contributed by atoms with E-state index in [0.29, 0.717) is 45.6 Å². The molecule has 0 atom stereocenters. The Morgan fingerprint density at radius 1 is 0.690 bits per heavy atom. The van der Waals surface area contributed by atoms with Crippen LogP contribution in [-0.2, 0) is 14.1 Å². The van der Waals surface area contributed by atoms with Crippen LogP contribution in [-0.4, -0.2) is 70.8 Å². The molecule has 0 saturated carbocycles. The first-order valence-corrected chi connectivity index (χ1v) is 12.6. The quantitative estimate of drug-likeness (QED) is 0.214. The number of ketones is 1. The fourth-order valence-electron chi connectivity index (χ4n) is 3.94. The SMILES string of the molecule is Cc1nc(-n2cncn2)ccc1C(=O)Oc1ccnn1C.Cc1nc(-n2cncn2)ccc1C(=O)c1cnn(C)c1C. The third-order valence-corrected chi connectivity index (χ3v) is 6.37. The Labute approximate surface area is 239 Å². The minimum atomic E-state index is -0.478. The predicted octanol–water partition coefficient (Wildman–Crippen LogP) is 2.17. The number of carbonyl (C=O) groups excluding carboxylic acids is 2. The van der Waals surface area contributed by atoms with E-state index in [2.05, 4.69) is 40.3 Å². The van der Waals surface area contributed by atoms with Gasteiger partial charge in [0, 0.05) is 31.4 Å². The number of aromatic nitrogens is 12. The lowest BCUT2D eigenvalue weighted by molar-refractivity contribution is 0.0718. The average molecular weight is 567 g/mol. The van der Waals surface area contributed by atoms with Crippen molar-refractivity contribution in [3.63, 3.8) is 0 Å². The zero-order chi connectivity index (χ0) is 29.8. The van der Waals surface area contributed by atoms with Crippen LogP contribution in [0.3, 0.4) is 0 Å². The van der Waals surface area contributed by atoms with Gasteiger partial charge in [0.05, 0.1) is 34.9 Å². The second-order valence-electron chi connectivity index (χ2n) is 9.06. The Morgan fingerprint density at radius 3 is 1.74 bits per heavy atom. The number of nitrogens with zero attached hydrogens (tertiary/aromatic N) is 12. The normalized spacial score (nSPS) is 10.7. The first-order chi connectivity index (χ1) is 20.2. The molecule has 0 spiro atoms. The Bertz CT molecular complexity index is 1850. The van der Waals surface area contributed by atoms with Gasteiger partial charge in [-0.1, -0.05) is 0 Å². The second-order valence-corrected chi connectivity index (χ2v) is 9.06. The summed E-state index contributed by atoms with van der Waals surface area (Å²) in [5.41, 5.74) is 3.58. The van der Waals surface area contributed by atoms with Gasteiger partial charge in [0.1, 0.15) is 25.3 Å². The molecule has 0 aliphatic heterocycles. The summed E-state index contributed by atoms with van der Waals surface area (Å²) in [5, 5.41) is 16.1. The highest BCUT2D eigenvalue weighted by Gasteiger charge is 2.18. The number of ether oxygens (including phenoxy) is 1. The summed E-state index contributed by atoms with van der Waals surface area (Å²) >= 11 is 0. The van der Waals surface area contributed by atoms with Gasteiger partial charge in [0.2, 0.25) is 5.88 Å². The molecular formula is C27H26N12O3. The fraction of sp³-hybridized carbons (Fsp3) is 0.185. The summed E-state index contributed by atoms with van der Waals surface area (Å²) in [6, 6.07) is 8.46. The molecule has 6 heterocycles. The lowest BCUT2D eigenvalue weighted by atomic mass is 10.0. The summed E-state index contributed by atoms with van der Waals surface area (Å²) in [4.78, 5) is 41.2. The summed E-state index contributed by atoms with van der Waals surface area (Å²) in [5.74, 6) is 1.04. The van der Waals surface area contributed by atoms with Gasteiger partial charge in [0.25, 0.3) is 0 Å². The largest absolute Gasteiger partial charge is 0.404 e. The van der Waals surface area contributed by atoms with Gasteiger partial charge >= 0.3 is 5.97 Å². The van der Waals surface area contributed by atoms with Crippen molar-refractivity contribution in [2.75, 3.05) is 0 Å². The van der Waals surface area contributed by atoms with E-state index in [1.165, 1.54) is 28.3 Å². The van der Waals surface area contributed by atoms with Gasteiger partial charge in [-0.25, -0.2) is 38.8 Å². The lowest BCUT2D eigenvalue weighted by Gasteiger charge is -2.07. The van der Waals surface area contributed by atoms with Crippen molar-refractivity contribution < 1.29 is 14.3 Å². The fourth-order valence-corrected chi connectivity index (χ4v) is 3.94. The molecule has 6 aromatic heterocycles. The molecule has 0 fully saturated rings. The van der Waals surface area contributed by atoms with Gasteiger partial charge in [-0.2, -0.15) is 20.4 Å². The topological polar surface area (TPSA) is 166 Å². The summed E-state index contributed by atoms with van der Waals surface area (Å²) < 4.78 is 11.5. The smallest absolute Gasteiger partial charge is 0.346 e. The molecule has 212 valence electrons. The zero-order valence-electron chi connectivity index (χ0n) is 23.4. The average Bonchev–Trinajstić information content (AvgIpc) is 3.80. The monoisotopic (exact) mass is 566 g/mol. The van der Waals surface area contributed by atoms with Crippen LogP contribution in [0, 0.1) is 20.8 Å². The number of carbonyl (C=O) groups is 2. The van der Waals surface area contributed by atoms with Crippen molar-refractivity contribution in [1.29, 1.82) is 0 Å². The maximum Gasteiger partial charge on any atom is 0.346 e. The standard InChI is InChI=1S/C14H14N6O.C13H12N6O2/c1-9-11(14(21)12-6-16-19(3)10(12)2)4-5-13(18-9)20-8-15-7-17-20;1-9-10(13(20)21-12-5-6-15-18(12)2)3-4-11(17-9)19-8-14-7-16-19/h4-8H,1-3H3;3-8H,1-2H3. The van der Waals surface area contributed by atoms with Gasteiger partial charge < -0.3 is 4.74 Å². The van der Waals surface area contributed by atoms with E-state index in [9.17, 15) is 9.59 Å². The van der Waals surface area contributed by atoms with Crippen molar-refractivity contribution in [2.24, 2.45) is 14.1 Å². The number of pyridine rings is 2. The minimum Gasteiger partial charge on any atom is -0.404 e. The van der Waals surface area contributed by atoms with E-state index in [1.54, 1.807) is 79.3 Å². The number of aryl methyl sites for hydroxylation is 4. The van der Waals surface area contributed by atoms with E-state index in [4.69, 9.17) is 4.74 Å². The number of esters is 1. The molecule has 0 amide bonds. The summed E-state index contributed by atoms with van der Waals surface area (Å²) in [6.07, 6.45) is 9.10. The van der Waals surface area contributed by atoms with E-state index >= 15 is 0 Å². The molecule has 15 nitrogen and oxygen atoms in total.